The Hall–Kier alpha value is -2.85. The van der Waals surface area contributed by atoms with Crippen molar-refractivity contribution in [1.82, 2.24) is 10.6 Å². The first-order chi connectivity index (χ1) is 23.2. The maximum absolute atomic E-state index is 14.1. The van der Waals surface area contributed by atoms with Crippen molar-refractivity contribution in [2.24, 2.45) is 0 Å². The third-order valence-electron chi connectivity index (χ3n) is 7.79. The summed E-state index contributed by atoms with van der Waals surface area (Å²) in [5, 5.41) is 16.6. The second kappa shape index (κ2) is 28.0. The van der Waals surface area contributed by atoms with Gasteiger partial charge >= 0.3 is 19.8 Å². The van der Waals surface area contributed by atoms with Gasteiger partial charge in [-0.1, -0.05) is 117 Å². The Labute approximate surface area is 288 Å². The van der Waals surface area contributed by atoms with Gasteiger partial charge in [-0.3, -0.25) is 14.6 Å². The van der Waals surface area contributed by atoms with E-state index in [9.17, 15) is 24.3 Å². The fraction of sp³-hybridized carbons (Fsp3) is 0.771. The highest BCUT2D eigenvalue weighted by atomic mass is 31.2. The number of ether oxygens (including phenoxy) is 2. The van der Waals surface area contributed by atoms with Crippen molar-refractivity contribution < 1.29 is 37.6 Å². The molecule has 0 aliphatic rings. The first-order valence-electron chi connectivity index (χ1n) is 18.3. The standard InChI is InChI=1S/C35H62N3O9P/c1-4-7-10-13-16-19-26-36-34(39)44-29-33(30-45-35(40)37-27-20-17-14-11-8-5-2)47-48(43,28-21-18-15-12-9-6-3)46-32-24-22-31(23-25-32)38(41)42/h22-25,33H,4-21,26-30H2,1-3H3,(H,36,39)(H,37,40). The molecule has 0 aliphatic carbocycles. The van der Waals surface area contributed by atoms with Crippen LogP contribution in [-0.4, -0.2) is 55.7 Å². The van der Waals surface area contributed by atoms with Crippen molar-refractivity contribution in [2.45, 2.75) is 142 Å². The number of benzene rings is 1. The number of unbranched alkanes of at least 4 members (excludes halogenated alkanes) is 15. The van der Waals surface area contributed by atoms with E-state index in [4.69, 9.17) is 18.5 Å². The number of non-ortho nitro benzene ring substituents is 1. The van der Waals surface area contributed by atoms with Gasteiger partial charge in [-0.25, -0.2) is 14.2 Å². The van der Waals surface area contributed by atoms with Gasteiger partial charge in [0.25, 0.3) is 5.69 Å². The van der Waals surface area contributed by atoms with Gasteiger partial charge in [0.15, 0.2) is 0 Å². The van der Waals surface area contributed by atoms with Crippen molar-refractivity contribution in [3.05, 3.63) is 34.4 Å². The number of nitro groups is 1. The molecule has 1 atom stereocenters. The molecule has 0 saturated carbocycles. The molecule has 0 aromatic heterocycles. The van der Waals surface area contributed by atoms with Gasteiger partial charge in [0.2, 0.25) is 0 Å². The van der Waals surface area contributed by atoms with E-state index in [2.05, 4.69) is 31.4 Å². The fourth-order valence-electron chi connectivity index (χ4n) is 4.96. The van der Waals surface area contributed by atoms with Gasteiger partial charge in [0.05, 0.1) is 11.1 Å². The number of amides is 2. The van der Waals surface area contributed by atoms with Crippen molar-refractivity contribution >= 4 is 25.5 Å². The van der Waals surface area contributed by atoms with Crippen LogP contribution in [0.25, 0.3) is 0 Å². The van der Waals surface area contributed by atoms with E-state index in [-0.39, 0.29) is 30.8 Å². The Balaban J connectivity index is 2.88. The Kier molecular flexibility index (Phi) is 25.2. The van der Waals surface area contributed by atoms with E-state index in [0.717, 1.165) is 70.6 Å². The Morgan fingerprint density at radius 1 is 0.688 bits per heavy atom. The number of carbonyl (C=O) groups excluding carboxylic acids is 2. The van der Waals surface area contributed by atoms with Crippen molar-refractivity contribution in [3.8, 4) is 5.75 Å². The highest BCUT2D eigenvalue weighted by Gasteiger charge is 2.32. The lowest BCUT2D eigenvalue weighted by Crippen LogP contribution is -2.34. The average molecular weight is 700 g/mol. The first-order valence-corrected chi connectivity index (χ1v) is 20.0. The molecule has 0 bridgehead atoms. The van der Waals surface area contributed by atoms with E-state index in [1.165, 1.54) is 62.8 Å². The summed E-state index contributed by atoms with van der Waals surface area (Å²) in [4.78, 5) is 35.5. The van der Waals surface area contributed by atoms with Crippen LogP contribution in [0.15, 0.2) is 24.3 Å². The summed E-state index contributed by atoms with van der Waals surface area (Å²) in [6, 6.07) is 5.25. The van der Waals surface area contributed by atoms with Gasteiger partial charge in [0, 0.05) is 25.2 Å². The van der Waals surface area contributed by atoms with Crippen LogP contribution in [0, 0.1) is 10.1 Å². The van der Waals surface area contributed by atoms with E-state index in [1.54, 1.807) is 0 Å². The SMILES string of the molecule is CCCCCCCCNC(=O)OCC(COC(=O)NCCCCCCCC)OP(=O)(CCCCCCCC)Oc1ccc([N+](=O)[O-])cc1. The predicted molar refractivity (Wildman–Crippen MR) is 190 cm³/mol. The van der Waals surface area contributed by atoms with Gasteiger partial charge in [-0.05, 0) is 31.4 Å². The third-order valence-corrected chi connectivity index (χ3v) is 9.76. The number of nitrogens with one attached hydrogen (secondary N) is 2. The minimum Gasteiger partial charge on any atom is -0.447 e. The zero-order valence-corrected chi connectivity index (χ0v) is 30.6. The summed E-state index contributed by atoms with van der Waals surface area (Å²) >= 11 is 0. The summed E-state index contributed by atoms with van der Waals surface area (Å²) < 4.78 is 36.8. The normalized spacial score (nSPS) is 12.3. The van der Waals surface area contributed by atoms with Gasteiger partial charge in [0.1, 0.15) is 25.1 Å². The second-order valence-corrected chi connectivity index (χ2v) is 14.3. The molecule has 1 rings (SSSR count). The van der Waals surface area contributed by atoms with Crippen LogP contribution in [0.5, 0.6) is 5.75 Å². The quantitative estimate of drug-likeness (QED) is 0.0345. The largest absolute Gasteiger partial charge is 0.447 e. The molecule has 2 N–H and O–H groups in total. The van der Waals surface area contributed by atoms with Crippen LogP contribution >= 0.6 is 7.60 Å². The minimum absolute atomic E-state index is 0.0705. The maximum atomic E-state index is 14.1. The van der Waals surface area contributed by atoms with Crippen LogP contribution in [0.3, 0.4) is 0 Å². The van der Waals surface area contributed by atoms with E-state index in [1.807, 2.05) is 0 Å². The molecular formula is C35H62N3O9P. The molecule has 13 heteroatoms. The topological polar surface area (TPSA) is 155 Å². The third kappa shape index (κ3) is 22.7. The molecule has 48 heavy (non-hydrogen) atoms. The number of nitro benzene ring substituents is 1. The molecule has 12 nitrogen and oxygen atoms in total. The number of alkyl carbamates (subject to hydrolysis) is 2. The predicted octanol–water partition coefficient (Wildman–Crippen LogP) is 10.1. The molecule has 0 fully saturated rings. The van der Waals surface area contributed by atoms with Gasteiger partial charge < -0.3 is 24.6 Å². The lowest BCUT2D eigenvalue weighted by Gasteiger charge is -2.25. The number of nitrogens with zero attached hydrogens (tertiary/aromatic N) is 1. The smallest absolute Gasteiger partial charge is 0.407 e. The Bertz CT molecular complexity index is 1010. The molecule has 276 valence electrons. The zero-order chi connectivity index (χ0) is 35.3. The molecule has 2 amide bonds. The second-order valence-electron chi connectivity index (χ2n) is 12.3. The maximum Gasteiger partial charge on any atom is 0.407 e. The van der Waals surface area contributed by atoms with Crippen LogP contribution in [0.2, 0.25) is 0 Å². The van der Waals surface area contributed by atoms with Crippen LogP contribution < -0.4 is 15.2 Å². The van der Waals surface area contributed by atoms with Crippen LogP contribution in [0.4, 0.5) is 15.3 Å². The minimum atomic E-state index is -3.88. The summed E-state index contributed by atoms with van der Waals surface area (Å²) in [7, 11) is -3.88. The Morgan fingerprint density at radius 2 is 1.10 bits per heavy atom. The fourth-order valence-corrected chi connectivity index (χ4v) is 6.83. The number of hydrogen-bond donors (Lipinski definition) is 2. The number of rotatable bonds is 30. The van der Waals surface area contributed by atoms with E-state index >= 15 is 0 Å². The highest BCUT2D eigenvalue weighted by Crippen LogP contribution is 2.50. The average Bonchev–Trinajstić information content (AvgIpc) is 3.07. The Morgan fingerprint density at radius 3 is 1.54 bits per heavy atom. The van der Waals surface area contributed by atoms with Crippen molar-refractivity contribution in [2.75, 3.05) is 32.5 Å². The first kappa shape index (κ1) is 43.2. The molecule has 0 radical (unpaired) electrons. The highest BCUT2D eigenvalue weighted by molar-refractivity contribution is 7.54. The van der Waals surface area contributed by atoms with E-state index < -0.39 is 30.8 Å². The summed E-state index contributed by atoms with van der Waals surface area (Å²) in [5.74, 6) is 0.142. The summed E-state index contributed by atoms with van der Waals surface area (Å²) in [5.41, 5.74) is -0.132. The van der Waals surface area contributed by atoms with Gasteiger partial charge in [-0.2, -0.15) is 0 Å². The number of carbonyl (C=O) groups is 2. The van der Waals surface area contributed by atoms with Crippen LogP contribution in [-0.2, 0) is 18.6 Å². The van der Waals surface area contributed by atoms with E-state index in [0.29, 0.717) is 19.5 Å². The lowest BCUT2D eigenvalue weighted by atomic mass is 10.1. The van der Waals surface area contributed by atoms with Gasteiger partial charge in [-0.15, -0.1) is 0 Å². The zero-order valence-electron chi connectivity index (χ0n) is 29.7. The molecule has 0 saturated heterocycles. The summed E-state index contributed by atoms with van der Waals surface area (Å²) in [6.07, 6.45) is 16.3. The molecule has 1 aromatic rings. The molecule has 1 aromatic carbocycles. The molecule has 1 unspecified atom stereocenters. The molecule has 0 aliphatic heterocycles. The summed E-state index contributed by atoms with van der Waals surface area (Å²) in [6.45, 7) is 6.75. The van der Waals surface area contributed by atoms with Crippen molar-refractivity contribution in [1.29, 1.82) is 0 Å². The molecular weight excluding hydrogens is 637 g/mol. The number of hydrogen-bond acceptors (Lipinski definition) is 9. The molecule has 0 heterocycles. The molecule has 0 spiro atoms. The monoisotopic (exact) mass is 699 g/mol. The lowest BCUT2D eigenvalue weighted by molar-refractivity contribution is -0.384. The van der Waals surface area contributed by atoms with Crippen molar-refractivity contribution in [3.63, 3.8) is 0 Å². The van der Waals surface area contributed by atoms with Crippen LogP contribution in [0.1, 0.15) is 136 Å².